The SMILES string of the molecule is CC1=C2C[C@H]3[C@](C)(C[C@@]2(O)OC1=O)[C@@H](O)CC[C@@]3(C)O. The number of carbonyl (C=O) groups is 1. The van der Waals surface area contributed by atoms with Crippen LogP contribution < -0.4 is 0 Å². The number of aliphatic hydroxyl groups excluding tert-OH is 1. The van der Waals surface area contributed by atoms with Gasteiger partial charge in [0.25, 0.3) is 0 Å². The maximum atomic E-state index is 11.7. The fourth-order valence-corrected chi connectivity index (χ4v) is 4.45. The summed E-state index contributed by atoms with van der Waals surface area (Å²) >= 11 is 0. The van der Waals surface area contributed by atoms with E-state index in [1.165, 1.54) is 0 Å². The average Bonchev–Trinajstić information content (AvgIpc) is 2.53. The van der Waals surface area contributed by atoms with Crippen LogP contribution in [0.2, 0.25) is 0 Å². The summed E-state index contributed by atoms with van der Waals surface area (Å²) in [5, 5.41) is 31.7. The van der Waals surface area contributed by atoms with Crippen molar-refractivity contribution in [1.82, 2.24) is 0 Å². The highest BCUT2D eigenvalue weighted by atomic mass is 16.7. The van der Waals surface area contributed by atoms with Crippen LogP contribution in [0.15, 0.2) is 11.1 Å². The first-order valence-corrected chi connectivity index (χ1v) is 7.16. The molecule has 3 N–H and O–H groups in total. The Labute approximate surface area is 118 Å². The van der Waals surface area contributed by atoms with Crippen LogP contribution in [-0.2, 0) is 9.53 Å². The summed E-state index contributed by atoms with van der Waals surface area (Å²) in [7, 11) is 0. The largest absolute Gasteiger partial charge is 0.426 e. The molecule has 1 aliphatic heterocycles. The average molecular weight is 282 g/mol. The molecule has 0 spiro atoms. The number of hydrogen-bond donors (Lipinski definition) is 3. The Kier molecular flexibility index (Phi) is 2.70. The predicted molar refractivity (Wildman–Crippen MR) is 70.4 cm³/mol. The Hall–Kier alpha value is -0.910. The second-order valence-electron chi connectivity index (χ2n) is 7.13. The van der Waals surface area contributed by atoms with E-state index in [-0.39, 0.29) is 12.3 Å². The quantitative estimate of drug-likeness (QED) is 0.574. The Morgan fingerprint density at radius 3 is 2.60 bits per heavy atom. The highest BCUT2D eigenvalue weighted by molar-refractivity contribution is 5.92. The van der Waals surface area contributed by atoms with Crippen molar-refractivity contribution in [1.29, 1.82) is 0 Å². The van der Waals surface area contributed by atoms with E-state index in [0.29, 0.717) is 30.4 Å². The normalized spacial score (nSPS) is 51.6. The van der Waals surface area contributed by atoms with Gasteiger partial charge in [-0.25, -0.2) is 4.79 Å². The lowest BCUT2D eigenvalue weighted by atomic mass is 9.52. The molecule has 0 amide bonds. The third kappa shape index (κ3) is 1.63. The number of rotatable bonds is 0. The second kappa shape index (κ2) is 3.84. The summed E-state index contributed by atoms with van der Waals surface area (Å²) in [4.78, 5) is 11.7. The van der Waals surface area contributed by atoms with Crippen molar-refractivity contribution in [3.63, 3.8) is 0 Å². The monoisotopic (exact) mass is 282 g/mol. The van der Waals surface area contributed by atoms with Gasteiger partial charge in [0, 0.05) is 23.0 Å². The molecule has 5 nitrogen and oxygen atoms in total. The zero-order chi connectivity index (χ0) is 14.9. The molecule has 112 valence electrons. The standard InChI is InChI=1S/C15H22O5/c1-8-9-6-10-13(2,7-15(9,19)20-12(8)17)11(16)4-5-14(10,3)18/h10-11,16,18-19H,4-7H2,1-3H3/t10-,11-,13-,14+,15+/m0/s1. The van der Waals surface area contributed by atoms with E-state index in [0.717, 1.165) is 0 Å². The van der Waals surface area contributed by atoms with Gasteiger partial charge in [-0.15, -0.1) is 0 Å². The molecule has 2 aliphatic carbocycles. The molecule has 5 atom stereocenters. The summed E-state index contributed by atoms with van der Waals surface area (Å²) in [6, 6.07) is 0. The van der Waals surface area contributed by atoms with Crippen molar-refractivity contribution < 1.29 is 24.9 Å². The van der Waals surface area contributed by atoms with Gasteiger partial charge in [0.2, 0.25) is 5.79 Å². The minimum Gasteiger partial charge on any atom is -0.426 e. The highest BCUT2D eigenvalue weighted by Crippen LogP contribution is 2.59. The van der Waals surface area contributed by atoms with E-state index in [9.17, 15) is 20.1 Å². The molecule has 5 heteroatoms. The molecule has 0 aromatic carbocycles. The minimum absolute atomic E-state index is 0.139. The van der Waals surface area contributed by atoms with E-state index in [1.807, 2.05) is 6.92 Å². The van der Waals surface area contributed by atoms with Gasteiger partial charge in [0.05, 0.1) is 11.7 Å². The van der Waals surface area contributed by atoms with Crippen LogP contribution in [0, 0.1) is 11.3 Å². The van der Waals surface area contributed by atoms with Gasteiger partial charge < -0.3 is 20.1 Å². The van der Waals surface area contributed by atoms with E-state index >= 15 is 0 Å². The molecule has 0 radical (unpaired) electrons. The van der Waals surface area contributed by atoms with Crippen molar-refractivity contribution in [2.24, 2.45) is 11.3 Å². The fraction of sp³-hybridized carbons (Fsp3) is 0.800. The van der Waals surface area contributed by atoms with Crippen LogP contribution in [0.3, 0.4) is 0 Å². The van der Waals surface area contributed by atoms with Gasteiger partial charge in [-0.05, 0) is 39.0 Å². The van der Waals surface area contributed by atoms with E-state index in [2.05, 4.69) is 0 Å². The molecule has 0 bridgehead atoms. The van der Waals surface area contributed by atoms with Crippen molar-refractivity contribution in [2.75, 3.05) is 0 Å². The van der Waals surface area contributed by atoms with Crippen LogP contribution in [0.1, 0.15) is 46.5 Å². The summed E-state index contributed by atoms with van der Waals surface area (Å²) < 4.78 is 5.15. The zero-order valence-electron chi connectivity index (χ0n) is 12.1. The van der Waals surface area contributed by atoms with Crippen molar-refractivity contribution in [3.05, 3.63) is 11.1 Å². The number of ether oxygens (including phenoxy) is 1. The number of esters is 1. The van der Waals surface area contributed by atoms with Gasteiger partial charge in [-0.1, -0.05) is 6.92 Å². The van der Waals surface area contributed by atoms with Gasteiger partial charge >= 0.3 is 5.97 Å². The van der Waals surface area contributed by atoms with Crippen molar-refractivity contribution >= 4 is 5.97 Å². The molecule has 0 saturated heterocycles. The fourth-order valence-electron chi connectivity index (χ4n) is 4.45. The first-order valence-electron chi connectivity index (χ1n) is 7.16. The predicted octanol–water partition coefficient (Wildman–Crippen LogP) is 0.870. The molecule has 0 aromatic rings. The van der Waals surface area contributed by atoms with Crippen molar-refractivity contribution in [3.8, 4) is 0 Å². The molecule has 20 heavy (non-hydrogen) atoms. The maximum Gasteiger partial charge on any atom is 0.336 e. The van der Waals surface area contributed by atoms with Crippen LogP contribution in [0.25, 0.3) is 0 Å². The first-order chi connectivity index (χ1) is 9.10. The van der Waals surface area contributed by atoms with Gasteiger partial charge in [-0.2, -0.15) is 0 Å². The lowest BCUT2D eigenvalue weighted by Crippen LogP contribution is -2.61. The molecule has 2 fully saturated rings. The summed E-state index contributed by atoms with van der Waals surface area (Å²) in [6.45, 7) is 5.29. The smallest absolute Gasteiger partial charge is 0.336 e. The molecule has 2 saturated carbocycles. The number of hydrogen-bond acceptors (Lipinski definition) is 5. The number of carbonyl (C=O) groups excluding carboxylic acids is 1. The minimum atomic E-state index is -1.61. The van der Waals surface area contributed by atoms with Crippen LogP contribution in [0.5, 0.6) is 0 Å². The maximum absolute atomic E-state index is 11.7. The van der Waals surface area contributed by atoms with E-state index in [4.69, 9.17) is 4.74 Å². The molecule has 0 aromatic heterocycles. The van der Waals surface area contributed by atoms with Crippen molar-refractivity contribution in [2.45, 2.75) is 63.9 Å². The third-order valence-corrected chi connectivity index (χ3v) is 5.75. The Bertz CT molecular complexity index is 508. The molecular formula is C15H22O5. The molecule has 1 heterocycles. The van der Waals surface area contributed by atoms with Gasteiger partial charge in [0.15, 0.2) is 0 Å². The molecule has 3 aliphatic rings. The Morgan fingerprint density at radius 1 is 1.30 bits per heavy atom. The van der Waals surface area contributed by atoms with Crippen LogP contribution in [0.4, 0.5) is 0 Å². The number of fused-ring (bicyclic) bond motifs is 2. The zero-order valence-corrected chi connectivity index (χ0v) is 12.1. The molecular weight excluding hydrogens is 260 g/mol. The topological polar surface area (TPSA) is 87.0 Å². The first kappa shape index (κ1) is 14.0. The lowest BCUT2D eigenvalue weighted by molar-refractivity contribution is -0.239. The van der Waals surface area contributed by atoms with Gasteiger partial charge in [-0.3, -0.25) is 0 Å². The van der Waals surface area contributed by atoms with E-state index in [1.54, 1.807) is 13.8 Å². The lowest BCUT2D eigenvalue weighted by Gasteiger charge is -2.57. The van der Waals surface area contributed by atoms with E-state index < -0.39 is 28.9 Å². The van der Waals surface area contributed by atoms with Crippen LogP contribution in [-0.4, -0.2) is 38.8 Å². The summed E-state index contributed by atoms with van der Waals surface area (Å²) in [5.74, 6) is -2.31. The van der Waals surface area contributed by atoms with Gasteiger partial charge in [0.1, 0.15) is 0 Å². The molecule has 0 unspecified atom stereocenters. The summed E-state index contributed by atoms with van der Waals surface area (Å²) in [5.41, 5.74) is -0.566. The Balaban J connectivity index is 2.08. The molecule has 3 rings (SSSR count). The number of aliphatic hydroxyl groups is 3. The third-order valence-electron chi connectivity index (χ3n) is 5.75. The Morgan fingerprint density at radius 2 is 1.95 bits per heavy atom. The highest BCUT2D eigenvalue weighted by Gasteiger charge is 2.63. The second-order valence-corrected chi connectivity index (χ2v) is 7.13. The van der Waals surface area contributed by atoms with Crippen LogP contribution >= 0.6 is 0 Å². The summed E-state index contributed by atoms with van der Waals surface area (Å²) in [6.07, 6.45) is 0.920.